The summed E-state index contributed by atoms with van der Waals surface area (Å²) in [5.41, 5.74) is -0.467. The van der Waals surface area contributed by atoms with Gasteiger partial charge >= 0.3 is 12.2 Å². The number of halogens is 1. The van der Waals surface area contributed by atoms with Crippen molar-refractivity contribution in [1.29, 1.82) is 5.26 Å². The Bertz CT molecular complexity index is 210. The summed E-state index contributed by atoms with van der Waals surface area (Å²) in [6.07, 6.45) is 2.28. The van der Waals surface area contributed by atoms with Gasteiger partial charge in [0.1, 0.15) is 0 Å². The second-order valence-corrected chi connectivity index (χ2v) is 3.51. The molecule has 5 heteroatoms. The molecule has 0 spiro atoms. The summed E-state index contributed by atoms with van der Waals surface area (Å²) in [5.74, 6) is -0.890. The molecule has 0 amide bonds. The van der Waals surface area contributed by atoms with E-state index in [1.165, 1.54) is 0 Å². The van der Waals surface area contributed by atoms with E-state index in [9.17, 15) is 4.79 Å². The molecule has 0 unspecified atom stereocenters. The van der Waals surface area contributed by atoms with Crippen LogP contribution in [0.2, 0.25) is 0 Å². The number of alkyl halides is 1. The monoisotopic (exact) mass is 191 g/mol. The zero-order chi connectivity index (χ0) is 9.78. The molecule has 1 atom stereocenters. The van der Waals surface area contributed by atoms with Crippen LogP contribution in [0.25, 0.3) is 0 Å². The highest BCUT2D eigenvalue weighted by Crippen LogP contribution is 2.15. The van der Waals surface area contributed by atoms with Crippen LogP contribution in [0.5, 0.6) is 0 Å². The fourth-order valence-corrected chi connectivity index (χ4v) is 0.781. The maximum Gasteiger partial charge on any atom is 0.309 e. The van der Waals surface area contributed by atoms with Crippen molar-refractivity contribution in [3.05, 3.63) is 0 Å². The molecule has 0 heterocycles. The van der Waals surface area contributed by atoms with E-state index in [4.69, 9.17) is 22.0 Å². The van der Waals surface area contributed by atoms with Crippen LogP contribution in [0.1, 0.15) is 12.8 Å². The molecule has 0 rings (SSSR count). The molecule has 0 saturated heterocycles. The van der Waals surface area contributed by atoms with Gasteiger partial charge in [-0.05, 0) is 0 Å². The number of rotatable bonds is 4. The number of nitriles is 1. The Labute approximate surface area is 76.6 Å². The fraction of sp³-hybridized carbons (Fsp3) is 0.714. The fourth-order valence-electron chi connectivity index (χ4n) is 0.628. The van der Waals surface area contributed by atoms with Crippen molar-refractivity contribution in [3.8, 4) is 6.19 Å². The van der Waals surface area contributed by atoms with E-state index >= 15 is 0 Å². The van der Waals surface area contributed by atoms with Gasteiger partial charge in [0.05, 0.1) is 20.5 Å². The van der Waals surface area contributed by atoms with Crippen molar-refractivity contribution in [1.82, 2.24) is 0 Å². The Kier molecular flexibility index (Phi) is 4.01. The molecule has 0 aliphatic heterocycles. The Balaban J connectivity index is 3.97. The molecule has 0 aromatic carbocycles. The van der Waals surface area contributed by atoms with Crippen LogP contribution in [-0.2, 0) is 4.79 Å². The van der Waals surface area contributed by atoms with Gasteiger partial charge in [-0.2, -0.15) is 0 Å². The van der Waals surface area contributed by atoms with Crippen molar-refractivity contribution >= 4 is 17.6 Å². The van der Waals surface area contributed by atoms with Gasteiger partial charge in [0.2, 0.25) is 0 Å². The third-order valence-corrected chi connectivity index (χ3v) is 2.26. The molecule has 0 aliphatic rings. The minimum atomic E-state index is -0.890. The van der Waals surface area contributed by atoms with Crippen LogP contribution in [0.4, 0.5) is 0 Å². The minimum Gasteiger partial charge on any atom is -0.481 e. The largest absolute Gasteiger partial charge is 0.481 e. The standard InChI is InChI=1S/C7H11ClN2O2/c1-10(2,5-9)6(8)3-4-7(11)12/h6H,3-4H2,1-2H3/p+1/t6-/m1/s1. The lowest BCUT2D eigenvalue weighted by molar-refractivity contribution is -0.837. The lowest BCUT2D eigenvalue weighted by Gasteiger charge is -2.23. The normalized spacial score (nSPS) is 13.5. The number of carbonyl (C=O) groups is 1. The summed E-state index contributed by atoms with van der Waals surface area (Å²) in [6.45, 7) is 0. The summed E-state index contributed by atoms with van der Waals surface area (Å²) in [5, 5.41) is 17.0. The molecule has 0 radical (unpaired) electrons. The highest BCUT2D eigenvalue weighted by molar-refractivity contribution is 6.19. The molecule has 0 aliphatic carbocycles. The lowest BCUT2D eigenvalue weighted by atomic mass is 10.3. The van der Waals surface area contributed by atoms with E-state index in [1.54, 1.807) is 14.1 Å². The Morgan fingerprint density at radius 3 is 2.58 bits per heavy atom. The van der Waals surface area contributed by atoms with Crippen LogP contribution < -0.4 is 0 Å². The SMILES string of the molecule is C[N+](C)(C#N)[C@@H](Cl)CCC(=O)O. The predicted molar refractivity (Wildman–Crippen MR) is 44.2 cm³/mol. The molecule has 0 saturated carbocycles. The molecule has 0 aromatic heterocycles. The second kappa shape index (κ2) is 4.29. The van der Waals surface area contributed by atoms with Gasteiger partial charge in [0.25, 0.3) is 0 Å². The van der Waals surface area contributed by atoms with Gasteiger partial charge in [-0.3, -0.25) is 4.79 Å². The molecule has 0 aromatic rings. The molecule has 12 heavy (non-hydrogen) atoms. The van der Waals surface area contributed by atoms with Gasteiger partial charge < -0.3 is 5.11 Å². The number of aliphatic carboxylic acids is 1. The lowest BCUT2D eigenvalue weighted by Crippen LogP contribution is -2.41. The van der Waals surface area contributed by atoms with Crippen LogP contribution in [0, 0.1) is 11.5 Å². The van der Waals surface area contributed by atoms with Gasteiger partial charge in [-0.25, -0.2) is 4.48 Å². The molecular formula is C7H12ClN2O2+. The van der Waals surface area contributed by atoms with E-state index in [0.29, 0.717) is 6.42 Å². The Morgan fingerprint density at radius 1 is 1.75 bits per heavy atom. The first-order valence-corrected chi connectivity index (χ1v) is 3.94. The summed E-state index contributed by atoms with van der Waals surface area (Å²) < 4.78 is -0.0329. The number of hydrogen-bond donors (Lipinski definition) is 1. The van der Waals surface area contributed by atoms with Crippen LogP contribution in [0.15, 0.2) is 0 Å². The van der Waals surface area contributed by atoms with Crippen LogP contribution in [-0.4, -0.2) is 35.2 Å². The van der Waals surface area contributed by atoms with E-state index in [1.807, 2.05) is 6.19 Å². The Hall–Kier alpha value is -0.790. The quantitative estimate of drug-likeness (QED) is 0.312. The average molecular weight is 192 g/mol. The summed E-state index contributed by atoms with van der Waals surface area (Å²) >= 11 is 5.80. The molecule has 1 N–H and O–H groups in total. The van der Waals surface area contributed by atoms with Gasteiger partial charge in [-0.15, -0.1) is 5.26 Å². The number of hydrogen-bond acceptors (Lipinski definition) is 2. The van der Waals surface area contributed by atoms with Crippen molar-refractivity contribution in [3.63, 3.8) is 0 Å². The molecule has 4 nitrogen and oxygen atoms in total. The van der Waals surface area contributed by atoms with Crippen LogP contribution in [0.3, 0.4) is 0 Å². The van der Waals surface area contributed by atoms with Crippen molar-refractivity contribution in [2.45, 2.75) is 18.3 Å². The first kappa shape index (κ1) is 11.2. The molecule has 0 bridgehead atoms. The zero-order valence-corrected chi connectivity index (χ0v) is 7.88. The molecule has 0 fully saturated rings. The number of quaternary nitrogens is 1. The number of nitrogens with zero attached hydrogens (tertiary/aromatic N) is 2. The number of carboxylic acid groups (broad SMARTS) is 1. The zero-order valence-electron chi connectivity index (χ0n) is 7.12. The summed E-state index contributed by atoms with van der Waals surface area (Å²) in [6, 6.07) is 0. The topological polar surface area (TPSA) is 61.1 Å². The van der Waals surface area contributed by atoms with E-state index in [0.717, 1.165) is 0 Å². The van der Waals surface area contributed by atoms with Crippen molar-refractivity contribution in [2.75, 3.05) is 14.1 Å². The predicted octanol–water partition coefficient (Wildman–Crippen LogP) is 0.974. The average Bonchev–Trinajstić information content (AvgIpc) is 2.00. The van der Waals surface area contributed by atoms with Gasteiger partial charge in [-0.1, -0.05) is 11.6 Å². The van der Waals surface area contributed by atoms with Crippen molar-refractivity contribution < 1.29 is 14.4 Å². The summed E-state index contributed by atoms with van der Waals surface area (Å²) in [7, 11) is 3.28. The third kappa shape index (κ3) is 3.56. The highest BCUT2D eigenvalue weighted by atomic mass is 35.5. The first-order chi connectivity index (χ1) is 5.40. The van der Waals surface area contributed by atoms with Crippen LogP contribution >= 0.6 is 11.6 Å². The van der Waals surface area contributed by atoms with E-state index in [-0.39, 0.29) is 10.9 Å². The molecule has 68 valence electrons. The summed E-state index contributed by atoms with van der Waals surface area (Å²) in [4.78, 5) is 10.2. The smallest absolute Gasteiger partial charge is 0.309 e. The third-order valence-electron chi connectivity index (χ3n) is 1.55. The second-order valence-electron chi connectivity index (χ2n) is 3.01. The van der Waals surface area contributed by atoms with E-state index < -0.39 is 11.5 Å². The van der Waals surface area contributed by atoms with Gasteiger partial charge in [0, 0.05) is 6.42 Å². The molecular weight excluding hydrogens is 180 g/mol. The minimum absolute atomic E-state index is 0.00245. The van der Waals surface area contributed by atoms with Gasteiger partial charge in [0.15, 0.2) is 5.50 Å². The Morgan fingerprint density at radius 2 is 2.25 bits per heavy atom. The van der Waals surface area contributed by atoms with Crippen molar-refractivity contribution in [2.24, 2.45) is 0 Å². The maximum atomic E-state index is 10.2. The first-order valence-electron chi connectivity index (χ1n) is 3.51. The maximum absolute atomic E-state index is 10.2. The highest BCUT2D eigenvalue weighted by Gasteiger charge is 2.26. The number of carboxylic acids is 1. The van der Waals surface area contributed by atoms with E-state index in [2.05, 4.69) is 0 Å².